The van der Waals surface area contributed by atoms with Crippen molar-refractivity contribution in [2.24, 2.45) is 17.2 Å². The molecule has 0 aliphatic heterocycles. The van der Waals surface area contributed by atoms with Crippen LogP contribution in [0.3, 0.4) is 0 Å². The maximum absolute atomic E-state index is 4.71. The van der Waals surface area contributed by atoms with Crippen molar-refractivity contribution in [3.8, 4) is 0 Å². The number of hydrogen-bond acceptors (Lipinski definition) is 3. The Morgan fingerprint density at radius 1 is 0.714 bits per heavy atom. The summed E-state index contributed by atoms with van der Waals surface area (Å²) >= 11 is 23.0. The van der Waals surface area contributed by atoms with Crippen molar-refractivity contribution in [2.45, 2.75) is 0 Å². The van der Waals surface area contributed by atoms with Crippen LogP contribution in [0.4, 0.5) is 0 Å². The van der Waals surface area contributed by atoms with Gasteiger partial charge in [0.15, 0.2) is 0 Å². The molecule has 1 atom stereocenters. The molecule has 0 radical (unpaired) electrons. The Morgan fingerprint density at radius 2 is 0.714 bits per heavy atom. The van der Waals surface area contributed by atoms with Crippen LogP contribution in [-0.4, -0.2) is 13.0 Å². The molecule has 86 valence electrons. The van der Waals surface area contributed by atoms with E-state index in [0.29, 0.717) is 0 Å². The van der Waals surface area contributed by atoms with Crippen molar-refractivity contribution in [2.75, 3.05) is 0 Å². The summed E-state index contributed by atoms with van der Waals surface area (Å²) in [6, 6.07) is 0. The third-order valence-corrected chi connectivity index (χ3v) is 0. The molecule has 0 aromatic heterocycles. The molecular weight excluding hydrogens is 397 g/mol. The van der Waals surface area contributed by atoms with Gasteiger partial charge in [0.2, 0.25) is 0 Å². The van der Waals surface area contributed by atoms with Crippen LogP contribution >= 0.6 is 84.4 Å². The van der Waals surface area contributed by atoms with Crippen molar-refractivity contribution >= 4 is 97.4 Å². The first-order chi connectivity index (χ1) is 5.20. The molecule has 14 heavy (non-hydrogen) atoms. The molecule has 0 bridgehead atoms. The molecule has 11 heteroatoms. The monoisotopic (exact) mass is 411 g/mol. The Bertz CT molecular complexity index is 126. The molecule has 0 spiro atoms. The number of thiol groups is 3. The molecule has 0 fully saturated rings. The molecule has 1 unspecified atom stereocenters. The number of thiocarbonyl (C=S) groups is 3. The first-order valence-corrected chi connectivity index (χ1v) is 4.72. The Labute approximate surface area is 134 Å². The Hall–Kier alpha value is 1.84. The Balaban J connectivity index is -0.0000000270. The normalized spacial score (nSPS) is 5.36. The van der Waals surface area contributed by atoms with E-state index in [2.05, 4.69) is 74.5 Å². The third kappa shape index (κ3) is 675. The van der Waals surface area contributed by atoms with Crippen LogP contribution < -0.4 is 17.2 Å². The average molecular weight is 409 g/mol. The van der Waals surface area contributed by atoms with Crippen LogP contribution in [-0.2, 0) is 21.1 Å². The van der Waals surface area contributed by atoms with E-state index >= 15 is 0 Å². The SMILES string of the molecule is NC(=S)S.NC(=S)S.NC(=S)S.P.[Mo]. The minimum atomic E-state index is 0. The Kier molecular flexibility index (Phi) is 51.3. The van der Waals surface area contributed by atoms with Gasteiger partial charge in [0.25, 0.3) is 0 Å². The summed E-state index contributed by atoms with van der Waals surface area (Å²) in [6.07, 6.45) is 0. The van der Waals surface area contributed by atoms with E-state index in [1.165, 1.54) is 0 Å². The van der Waals surface area contributed by atoms with E-state index in [0.717, 1.165) is 0 Å². The van der Waals surface area contributed by atoms with Crippen LogP contribution in [0.15, 0.2) is 0 Å². The summed E-state index contributed by atoms with van der Waals surface area (Å²) in [7, 11) is 0. The summed E-state index contributed by atoms with van der Waals surface area (Å²) in [5.74, 6) is 0. The van der Waals surface area contributed by atoms with Crippen molar-refractivity contribution in [1.82, 2.24) is 0 Å². The molecule has 0 saturated carbocycles. The molecule has 0 rings (SSSR count). The van der Waals surface area contributed by atoms with E-state index in [4.69, 9.17) is 17.2 Å². The van der Waals surface area contributed by atoms with Crippen LogP contribution in [0.25, 0.3) is 0 Å². The molecule has 0 amide bonds. The second kappa shape index (κ2) is 24.2. The largest absolute Gasteiger partial charge is 0.385 e. The molecule has 0 aliphatic rings. The maximum atomic E-state index is 4.71. The fourth-order valence-corrected chi connectivity index (χ4v) is 0. The van der Waals surface area contributed by atoms with Gasteiger partial charge in [-0.2, -0.15) is 9.90 Å². The van der Waals surface area contributed by atoms with E-state index in [9.17, 15) is 0 Å². The van der Waals surface area contributed by atoms with Gasteiger partial charge >= 0.3 is 0 Å². The van der Waals surface area contributed by atoms with Gasteiger partial charge in [0.1, 0.15) is 13.0 Å². The van der Waals surface area contributed by atoms with E-state index in [-0.39, 0.29) is 43.9 Å². The van der Waals surface area contributed by atoms with Crippen LogP contribution in [0.2, 0.25) is 0 Å². The fraction of sp³-hybridized carbons (Fsp3) is 0. The number of hydrogen-bond donors (Lipinski definition) is 6. The van der Waals surface area contributed by atoms with Crippen LogP contribution in [0.1, 0.15) is 0 Å². The fourth-order valence-electron chi connectivity index (χ4n) is 0. The van der Waals surface area contributed by atoms with E-state index in [1.807, 2.05) is 0 Å². The van der Waals surface area contributed by atoms with Gasteiger partial charge in [0, 0.05) is 21.1 Å². The quantitative estimate of drug-likeness (QED) is 0.152. The topological polar surface area (TPSA) is 78.1 Å². The van der Waals surface area contributed by atoms with Crippen molar-refractivity contribution in [3.05, 3.63) is 0 Å². The maximum Gasteiger partial charge on any atom is 0.128 e. The number of rotatable bonds is 0. The predicted molar refractivity (Wildman–Crippen MR) is 88.4 cm³/mol. The van der Waals surface area contributed by atoms with E-state index in [1.54, 1.807) is 0 Å². The zero-order chi connectivity index (χ0) is 10.7. The number of nitrogens with two attached hydrogens (primary N) is 3. The summed E-state index contributed by atoms with van der Waals surface area (Å²) in [5.41, 5.74) is 14.1. The summed E-state index contributed by atoms with van der Waals surface area (Å²) in [4.78, 5) is 0. The average Bonchev–Trinajstić information content (AvgIpc) is 1.54. The third-order valence-electron chi connectivity index (χ3n) is 0. The van der Waals surface area contributed by atoms with Crippen molar-refractivity contribution in [1.29, 1.82) is 0 Å². The van der Waals surface area contributed by atoms with Gasteiger partial charge in [-0.3, -0.25) is 0 Å². The molecular formula is C3H12MoN3PS6. The molecule has 3 nitrogen and oxygen atoms in total. The second-order valence-electron chi connectivity index (χ2n) is 1.01. The zero-order valence-corrected chi connectivity index (χ0v) is 15.5. The van der Waals surface area contributed by atoms with E-state index < -0.39 is 0 Å². The van der Waals surface area contributed by atoms with Gasteiger partial charge in [-0.15, -0.1) is 37.9 Å². The summed E-state index contributed by atoms with van der Waals surface area (Å²) in [5, 5.41) is 0. The zero-order valence-electron chi connectivity index (χ0n) is 6.91. The van der Waals surface area contributed by atoms with Gasteiger partial charge in [-0.1, -0.05) is 36.7 Å². The first-order valence-electron chi connectivity index (χ1n) is 2.15. The van der Waals surface area contributed by atoms with Crippen molar-refractivity contribution < 1.29 is 21.1 Å². The van der Waals surface area contributed by atoms with Gasteiger partial charge in [0.05, 0.1) is 0 Å². The molecule has 0 aliphatic carbocycles. The van der Waals surface area contributed by atoms with Gasteiger partial charge in [-0.25, -0.2) is 0 Å². The molecule has 0 saturated heterocycles. The Morgan fingerprint density at radius 3 is 0.714 bits per heavy atom. The summed E-state index contributed by atoms with van der Waals surface area (Å²) in [6.45, 7) is 0. The van der Waals surface area contributed by atoms with Gasteiger partial charge < -0.3 is 17.2 Å². The molecule has 6 N–H and O–H groups in total. The molecule has 0 aromatic rings. The van der Waals surface area contributed by atoms with Crippen LogP contribution in [0.5, 0.6) is 0 Å². The predicted octanol–water partition coefficient (Wildman–Crippen LogP) is 0.535. The standard InChI is InChI=1S/3CH3NS2.Mo.H3P/c3*2-1(3)4;;/h3*(H3,2,3,4);;1H3. The molecule has 0 aromatic carbocycles. The minimum Gasteiger partial charge on any atom is -0.385 e. The minimum absolute atomic E-state index is 0. The summed E-state index contributed by atoms with van der Waals surface area (Å²) < 4.78 is 0.583. The second-order valence-corrected chi connectivity index (χ2v) is 4.69. The van der Waals surface area contributed by atoms with Gasteiger partial charge in [-0.05, 0) is 0 Å². The van der Waals surface area contributed by atoms with Crippen molar-refractivity contribution in [3.63, 3.8) is 0 Å². The first kappa shape index (κ1) is 29.7. The smallest absolute Gasteiger partial charge is 0.128 e. The molecule has 0 heterocycles. The van der Waals surface area contributed by atoms with Crippen LogP contribution in [0, 0.1) is 0 Å².